The van der Waals surface area contributed by atoms with E-state index in [1.165, 1.54) is 0 Å². The van der Waals surface area contributed by atoms with Crippen molar-refractivity contribution in [1.29, 1.82) is 0 Å². The third-order valence-corrected chi connectivity index (χ3v) is 1.75. The first-order chi connectivity index (χ1) is 6.79. The van der Waals surface area contributed by atoms with E-state index in [-0.39, 0.29) is 6.54 Å². The van der Waals surface area contributed by atoms with Crippen LogP contribution in [0.4, 0.5) is 0 Å². The Morgan fingerprint density at radius 3 is 2.86 bits per heavy atom. The first-order valence-corrected chi connectivity index (χ1v) is 4.26. The minimum absolute atomic E-state index is 0.249. The Hall–Kier alpha value is -1.75. The highest BCUT2D eigenvalue weighted by atomic mass is 16.4. The lowest BCUT2D eigenvalue weighted by Gasteiger charge is -1.94. The first kappa shape index (κ1) is 8.83. The molecule has 0 aromatic carbocycles. The maximum atomic E-state index is 5.35. The molecule has 2 heterocycles. The molecular weight excluding hydrogens is 180 g/mol. The van der Waals surface area contributed by atoms with Crippen molar-refractivity contribution in [3.63, 3.8) is 0 Å². The zero-order valence-corrected chi connectivity index (χ0v) is 7.77. The second-order valence-corrected chi connectivity index (χ2v) is 2.87. The van der Waals surface area contributed by atoms with Gasteiger partial charge in [0.15, 0.2) is 0 Å². The van der Waals surface area contributed by atoms with Crippen LogP contribution in [0.2, 0.25) is 0 Å². The van der Waals surface area contributed by atoms with Crippen LogP contribution in [0.15, 0.2) is 22.6 Å². The summed E-state index contributed by atoms with van der Waals surface area (Å²) in [6.07, 6.45) is 0. The number of nitrogens with two attached hydrogens (primary N) is 1. The summed E-state index contributed by atoms with van der Waals surface area (Å²) < 4.78 is 5.26. The van der Waals surface area contributed by atoms with Crippen LogP contribution in [-0.2, 0) is 6.54 Å². The Kier molecular flexibility index (Phi) is 2.24. The van der Waals surface area contributed by atoms with Crippen LogP contribution in [0, 0.1) is 6.92 Å². The van der Waals surface area contributed by atoms with E-state index in [9.17, 15) is 0 Å². The SMILES string of the molecule is Cc1cccc(-c2nnc(CN)o2)n1. The van der Waals surface area contributed by atoms with Gasteiger partial charge in [0.2, 0.25) is 5.89 Å². The van der Waals surface area contributed by atoms with Crippen LogP contribution >= 0.6 is 0 Å². The maximum absolute atomic E-state index is 5.35. The molecule has 0 unspecified atom stereocenters. The molecule has 0 amide bonds. The molecule has 0 bridgehead atoms. The van der Waals surface area contributed by atoms with Gasteiger partial charge in [0.1, 0.15) is 5.69 Å². The molecule has 5 heteroatoms. The Labute approximate surface area is 81.0 Å². The van der Waals surface area contributed by atoms with Crippen molar-refractivity contribution in [3.8, 4) is 11.6 Å². The molecule has 2 aromatic heterocycles. The molecule has 0 aliphatic rings. The normalized spacial score (nSPS) is 10.4. The van der Waals surface area contributed by atoms with E-state index in [1.807, 2.05) is 25.1 Å². The molecule has 0 saturated heterocycles. The largest absolute Gasteiger partial charge is 0.418 e. The molecule has 2 rings (SSSR count). The fraction of sp³-hybridized carbons (Fsp3) is 0.222. The Morgan fingerprint density at radius 1 is 1.36 bits per heavy atom. The van der Waals surface area contributed by atoms with Crippen molar-refractivity contribution >= 4 is 0 Å². The molecule has 0 saturated carbocycles. The minimum Gasteiger partial charge on any atom is -0.418 e. The molecule has 0 aliphatic heterocycles. The molecule has 0 spiro atoms. The predicted octanol–water partition coefficient (Wildman–Crippen LogP) is 0.899. The highest BCUT2D eigenvalue weighted by Gasteiger charge is 2.07. The fourth-order valence-electron chi connectivity index (χ4n) is 1.10. The lowest BCUT2D eigenvalue weighted by molar-refractivity contribution is 0.507. The summed E-state index contributed by atoms with van der Waals surface area (Å²) in [5.74, 6) is 0.831. The quantitative estimate of drug-likeness (QED) is 0.761. The van der Waals surface area contributed by atoms with E-state index >= 15 is 0 Å². The summed E-state index contributed by atoms with van der Waals surface area (Å²) in [6, 6.07) is 5.62. The van der Waals surface area contributed by atoms with Gasteiger partial charge in [-0.1, -0.05) is 6.07 Å². The summed E-state index contributed by atoms with van der Waals surface area (Å²) >= 11 is 0. The van der Waals surface area contributed by atoms with Gasteiger partial charge in [-0.15, -0.1) is 10.2 Å². The molecule has 2 N–H and O–H groups in total. The molecule has 14 heavy (non-hydrogen) atoms. The number of pyridine rings is 1. The van der Waals surface area contributed by atoms with Gasteiger partial charge in [-0.25, -0.2) is 4.98 Å². The van der Waals surface area contributed by atoms with Gasteiger partial charge in [0.05, 0.1) is 6.54 Å². The zero-order chi connectivity index (χ0) is 9.97. The summed E-state index contributed by atoms with van der Waals surface area (Å²) in [5.41, 5.74) is 6.94. The topological polar surface area (TPSA) is 77.8 Å². The van der Waals surface area contributed by atoms with Crippen molar-refractivity contribution in [1.82, 2.24) is 15.2 Å². The van der Waals surface area contributed by atoms with Crippen molar-refractivity contribution in [2.75, 3.05) is 0 Å². The van der Waals surface area contributed by atoms with E-state index < -0.39 is 0 Å². The highest BCUT2D eigenvalue weighted by molar-refractivity contribution is 5.45. The van der Waals surface area contributed by atoms with Gasteiger partial charge in [-0.05, 0) is 19.1 Å². The van der Waals surface area contributed by atoms with Gasteiger partial charge in [0.25, 0.3) is 5.89 Å². The van der Waals surface area contributed by atoms with Crippen LogP contribution < -0.4 is 5.73 Å². The molecule has 72 valence electrons. The fourth-order valence-corrected chi connectivity index (χ4v) is 1.10. The number of rotatable bonds is 2. The van der Waals surface area contributed by atoms with E-state index in [1.54, 1.807) is 0 Å². The van der Waals surface area contributed by atoms with Crippen molar-refractivity contribution in [2.24, 2.45) is 5.73 Å². The van der Waals surface area contributed by atoms with Crippen LogP contribution in [-0.4, -0.2) is 15.2 Å². The lowest BCUT2D eigenvalue weighted by atomic mass is 10.3. The number of aromatic nitrogens is 3. The number of aryl methyl sites for hydroxylation is 1. The first-order valence-electron chi connectivity index (χ1n) is 4.26. The van der Waals surface area contributed by atoms with Gasteiger partial charge in [0, 0.05) is 5.69 Å². The van der Waals surface area contributed by atoms with Gasteiger partial charge >= 0.3 is 0 Å². The summed E-state index contributed by atoms with van der Waals surface area (Å²) in [7, 11) is 0. The van der Waals surface area contributed by atoms with E-state index in [0.717, 1.165) is 5.69 Å². The van der Waals surface area contributed by atoms with Gasteiger partial charge in [-0.2, -0.15) is 0 Å². The van der Waals surface area contributed by atoms with Gasteiger partial charge in [-0.3, -0.25) is 0 Å². The third-order valence-electron chi connectivity index (χ3n) is 1.75. The smallest absolute Gasteiger partial charge is 0.266 e. The molecule has 5 nitrogen and oxygen atoms in total. The summed E-state index contributed by atoms with van der Waals surface area (Å²) in [5, 5.41) is 7.60. The molecule has 0 aliphatic carbocycles. The molecule has 0 fully saturated rings. The second kappa shape index (κ2) is 3.55. The second-order valence-electron chi connectivity index (χ2n) is 2.87. The van der Waals surface area contributed by atoms with E-state index in [2.05, 4.69) is 15.2 Å². The maximum Gasteiger partial charge on any atom is 0.266 e. The monoisotopic (exact) mass is 190 g/mol. The average Bonchev–Trinajstić information content (AvgIpc) is 2.66. The summed E-state index contributed by atoms with van der Waals surface area (Å²) in [4.78, 5) is 4.25. The van der Waals surface area contributed by atoms with Crippen LogP contribution in [0.1, 0.15) is 11.6 Å². The number of nitrogens with zero attached hydrogens (tertiary/aromatic N) is 3. The molecule has 2 aromatic rings. The minimum atomic E-state index is 0.249. The van der Waals surface area contributed by atoms with Crippen LogP contribution in [0.3, 0.4) is 0 Å². The Bertz CT molecular complexity index is 438. The Balaban J connectivity index is 2.39. The molecular formula is C9H10N4O. The van der Waals surface area contributed by atoms with Crippen molar-refractivity contribution < 1.29 is 4.42 Å². The lowest BCUT2D eigenvalue weighted by Crippen LogP contribution is -1.95. The zero-order valence-electron chi connectivity index (χ0n) is 7.77. The standard InChI is InChI=1S/C9H10N4O/c1-6-3-2-4-7(11-6)9-13-12-8(5-10)14-9/h2-4H,5,10H2,1H3. The Morgan fingerprint density at radius 2 is 2.21 bits per heavy atom. The van der Waals surface area contributed by atoms with Crippen LogP contribution in [0.25, 0.3) is 11.6 Å². The van der Waals surface area contributed by atoms with Crippen molar-refractivity contribution in [2.45, 2.75) is 13.5 Å². The predicted molar refractivity (Wildman–Crippen MR) is 50.2 cm³/mol. The third kappa shape index (κ3) is 1.62. The van der Waals surface area contributed by atoms with Gasteiger partial charge < -0.3 is 10.2 Å². The van der Waals surface area contributed by atoms with Crippen molar-refractivity contribution in [3.05, 3.63) is 29.8 Å². The van der Waals surface area contributed by atoms with E-state index in [4.69, 9.17) is 10.2 Å². The highest BCUT2D eigenvalue weighted by Crippen LogP contribution is 2.14. The van der Waals surface area contributed by atoms with E-state index in [0.29, 0.717) is 17.5 Å². The molecule has 0 atom stereocenters. The average molecular weight is 190 g/mol. The number of hydrogen-bond donors (Lipinski definition) is 1. The van der Waals surface area contributed by atoms with Crippen LogP contribution in [0.5, 0.6) is 0 Å². The summed E-state index contributed by atoms with van der Waals surface area (Å²) in [6.45, 7) is 2.16. The molecule has 0 radical (unpaired) electrons. The number of hydrogen-bond acceptors (Lipinski definition) is 5.